The highest BCUT2D eigenvalue weighted by Gasteiger charge is 2.17. The quantitative estimate of drug-likeness (QED) is 0.0491. The number of aromatic amines is 3. The molecule has 0 spiro atoms. The molecular formula is C44H53N11O6. The predicted octanol–water partition coefficient (Wildman–Crippen LogP) is 4.36. The minimum absolute atomic E-state index is 0.231. The lowest BCUT2D eigenvalue weighted by Gasteiger charge is -2.11. The number of benzene rings is 3. The van der Waals surface area contributed by atoms with Gasteiger partial charge in [-0.15, -0.1) is 0 Å². The van der Waals surface area contributed by atoms with E-state index in [1.807, 2.05) is 13.8 Å². The largest absolute Gasteiger partial charge is 0.353 e. The molecule has 0 aliphatic heterocycles. The van der Waals surface area contributed by atoms with E-state index in [9.17, 15) is 28.8 Å². The van der Waals surface area contributed by atoms with Crippen LogP contribution in [0.5, 0.6) is 0 Å². The van der Waals surface area contributed by atoms with Crippen LogP contribution in [0.15, 0.2) is 72.8 Å². The van der Waals surface area contributed by atoms with Crippen LogP contribution in [0.1, 0.15) is 94.2 Å². The molecule has 6 amide bonds. The van der Waals surface area contributed by atoms with Crippen molar-refractivity contribution in [2.75, 3.05) is 36.8 Å². The van der Waals surface area contributed by atoms with Crippen LogP contribution in [0.2, 0.25) is 0 Å². The topological polar surface area (TPSA) is 274 Å². The van der Waals surface area contributed by atoms with E-state index in [0.29, 0.717) is 63.1 Å². The van der Waals surface area contributed by atoms with Gasteiger partial charge in [-0.2, -0.15) is 0 Å². The Hall–Kier alpha value is -6.98. The highest BCUT2D eigenvalue weighted by molar-refractivity contribution is 6.10. The summed E-state index contributed by atoms with van der Waals surface area (Å²) in [6.07, 6.45) is 4.88. The fraction of sp³-hybridized carbons (Fsp3) is 0.318. The molecule has 0 aliphatic rings. The lowest BCUT2D eigenvalue weighted by atomic mass is 10.1. The van der Waals surface area contributed by atoms with Gasteiger partial charge in [0.15, 0.2) is 0 Å². The molecular weight excluding hydrogens is 779 g/mol. The Morgan fingerprint density at radius 1 is 0.492 bits per heavy atom. The third-order valence-corrected chi connectivity index (χ3v) is 10.2. The molecule has 0 saturated carbocycles. The van der Waals surface area contributed by atoms with Gasteiger partial charge in [-0.1, -0.05) is 51.7 Å². The van der Waals surface area contributed by atoms with E-state index < -0.39 is 18.0 Å². The minimum Gasteiger partial charge on any atom is -0.353 e. The van der Waals surface area contributed by atoms with Gasteiger partial charge in [0.1, 0.15) is 17.1 Å². The number of H-pyrrole nitrogens is 3. The van der Waals surface area contributed by atoms with Gasteiger partial charge in [0.05, 0.1) is 12.1 Å². The van der Waals surface area contributed by atoms with Crippen molar-refractivity contribution in [3.63, 3.8) is 0 Å². The smallest absolute Gasteiger partial charge is 0.272 e. The Labute approximate surface area is 351 Å². The summed E-state index contributed by atoms with van der Waals surface area (Å²) in [5.74, 6) is -1.92. The number of aromatic nitrogens is 3. The van der Waals surface area contributed by atoms with Gasteiger partial charge in [0.2, 0.25) is 11.8 Å². The maximum Gasteiger partial charge on any atom is 0.272 e. The van der Waals surface area contributed by atoms with Crippen LogP contribution in [0.4, 0.5) is 11.4 Å². The van der Waals surface area contributed by atoms with Crippen molar-refractivity contribution < 1.29 is 28.8 Å². The summed E-state index contributed by atoms with van der Waals surface area (Å²) in [7, 11) is 0. The summed E-state index contributed by atoms with van der Waals surface area (Å²) in [4.78, 5) is 85.6. The molecule has 0 unspecified atom stereocenters. The molecule has 3 heterocycles. The van der Waals surface area contributed by atoms with Gasteiger partial charge >= 0.3 is 0 Å². The maximum atomic E-state index is 13.3. The molecule has 0 bridgehead atoms. The van der Waals surface area contributed by atoms with Gasteiger partial charge < -0.3 is 58.3 Å². The molecule has 6 rings (SSSR count). The molecule has 0 radical (unpaired) electrons. The number of carbonyl (C=O) groups excluding carboxylic acids is 6. The maximum absolute atomic E-state index is 13.3. The number of carbonyl (C=O) groups is 6. The zero-order valence-electron chi connectivity index (χ0n) is 34.3. The van der Waals surface area contributed by atoms with Crippen molar-refractivity contribution >= 4 is 79.5 Å². The van der Waals surface area contributed by atoms with Crippen LogP contribution in [-0.2, 0) is 9.59 Å². The number of hydrogen-bond donors (Lipinski definition) is 11. The van der Waals surface area contributed by atoms with E-state index in [-0.39, 0.29) is 61.4 Å². The molecule has 320 valence electrons. The SMILES string of the molecule is CCCC[C@H](N)C(=O)NCCNC(=O)c1cc2ccc(NC(=O)c3ccc4[nH]c(C(=O)Nc5ccc6cc(C(=O)NCCNC(=O)[C@@H](N)CCCC)[nH]c6c5)cc4c3)cc2[nH]1. The Balaban J connectivity index is 0.998. The number of amides is 6. The van der Waals surface area contributed by atoms with Gasteiger partial charge in [-0.3, -0.25) is 28.8 Å². The van der Waals surface area contributed by atoms with Crippen molar-refractivity contribution in [2.45, 2.75) is 64.5 Å². The fourth-order valence-corrected chi connectivity index (χ4v) is 6.74. The summed E-state index contributed by atoms with van der Waals surface area (Å²) in [5.41, 5.74) is 16.1. The summed E-state index contributed by atoms with van der Waals surface area (Å²) >= 11 is 0. The van der Waals surface area contributed by atoms with E-state index in [4.69, 9.17) is 11.5 Å². The van der Waals surface area contributed by atoms with Crippen molar-refractivity contribution in [2.24, 2.45) is 11.5 Å². The highest BCUT2D eigenvalue weighted by Crippen LogP contribution is 2.24. The molecule has 0 saturated heterocycles. The molecule has 3 aromatic carbocycles. The number of rotatable bonds is 20. The van der Waals surface area contributed by atoms with Crippen LogP contribution in [-0.4, -0.2) is 88.7 Å². The normalized spacial score (nSPS) is 12.2. The van der Waals surface area contributed by atoms with Gasteiger partial charge in [-0.25, -0.2) is 0 Å². The number of nitrogens with two attached hydrogens (primary N) is 2. The van der Waals surface area contributed by atoms with Crippen molar-refractivity contribution in [3.05, 3.63) is 95.4 Å². The first-order valence-electron chi connectivity index (χ1n) is 20.6. The first-order chi connectivity index (χ1) is 29.4. The van der Waals surface area contributed by atoms with Crippen LogP contribution >= 0.6 is 0 Å². The fourth-order valence-electron chi connectivity index (χ4n) is 6.74. The third-order valence-electron chi connectivity index (χ3n) is 10.2. The third kappa shape index (κ3) is 11.4. The molecule has 13 N–H and O–H groups in total. The highest BCUT2D eigenvalue weighted by atomic mass is 16.2. The van der Waals surface area contributed by atoms with Crippen LogP contribution in [0.25, 0.3) is 32.7 Å². The Morgan fingerprint density at radius 2 is 0.934 bits per heavy atom. The van der Waals surface area contributed by atoms with E-state index in [1.54, 1.807) is 72.8 Å². The second-order valence-electron chi connectivity index (χ2n) is 15.0. The molecule has 17 heteroatoms. The average molecular weight is 832 g/mol. The average Bonchev–Trinajstić information content (AvgIpc) is 4.01. The lowest BCUT2D eigenvalue weighted by molar-refractivity contribution is -0.123. The number of hydrogen-bond acceptors (Lipinski definition) is 8. The molecule has 3 aromatic heterocycles. The Kier molecular flexibility index (Phi) is 14.5. The van der Waals surface area contributed by atoms with Gasteiger partial charge in [0, 0.05) is 75.8 Å². The molecule has 17 nitrogen and oxygen atoms in total. The van der Waals surface area contributed by atoms with Crippen molar-refractivity contribution in [1.29, 1.82) is 0 Å². The molecule has 2 atom stereocenters. The second kappa shape index (κ2) is 20.3. The molecule has 0 aliphatic carbocycles. The van der Waals surface area contributed by atoms with E-state index in [1.165, 1.54) is 0 Å². The zero-order chi connectivity index (χ0) is 43.5. The van der Waals surface area contributed by atoms with E-state index >= 15 is 0 Å². The number of anilines is 2. The monoisotopic (exact) mass is 831 g/mol. The molecule has 6 aromatic rings. The Morgan fingerprint density at radius 3 is 1.44 bits per heavy atom. The van der Waals surface area contributed by atoms with Crippen molar-refractivity contribution in [1.82, 2.24) is 36.2 Å². The van der Waals surface area contributed by atoms with E-state index in [2.05, 4.69) is 46.9 Å². The predicted molar refractivity (Wildman–Crippen MR) is 236 cm³/mol. The van der Waals surface area contributed by atoms with Crippen LogP contribution < -0.4 is 43.4 Å². The lowest BCUT2D eigenvalue weighted by Crippen LogP contribution is -2.43. The first kappa shape index (κ1) is 43.6. The Bertz CT molecular complexity index is 2420. The van der Waals surface area contributed by atoms with Crippen LogP contribution in [0, 0.1) is 0 Å². The standard InChI is InChI=1S/C44H53N11O6/c1-3-5-7-31(45)40(57)47-15-17-49-42(59)36-20-25-9-12-29(23-34(25)54-36)51-39(56)27-11-14-33-28(19-27)22-38(53-33)44(61)52-30-13-10-26-21-37(55-35(26)24-30)43(60)50-18-16-48-41(58)32(46)8-6-4-2/h9-14,19-24,31-32,53-55H,3-8,15-18,45-46H2,1-2H3,(H,47,57)(H,48,58)(H,49,59)(H,50,60)(H,51,56)(H,52,61)/t31-,32-/m0/s1. The molecule has 0 fully saturated rings. The molecule has 61 heavy (non-hydrogen) atoms. The van der Waals surface area contributed by atoms with Crippen LogP contribution in [0.3, 0.4) is 0 Å². The zero-order valence-corrected chi connectivity index (χ0v) is 34.3. The number of nitrogens with one attached hydrogen (secondary N) is 9. The first-order valence-corrected chi connectivity index (χ1v) is 20.6. The van der Waals surface area contributed by atoms with Crippen molar-refractivity contribution in [3.8, 4) is 0 Å². The number of unbranched alkanes of at least 4 members (excludes halogenated alkanes) is 2. The number of fused-ring (bicyclic) bond motifs is 3. The second-order valence-corrected chi connectivity index (χ2v) is 15.0. The summed E-state index contributed by atoms with van der Waals surface area (Å²) < 4.78 is 0. The summed E-state index contributed by atoms with van der Waals surface area (Å²) in [5, 5.41) is 19.0. The van der Waals surface area contributed by atoms with Gasteiger partial charge in [0.25, 0.3) is 23.6 Å². The van der Waals surface area contributed by atoms with Gasteiger partial charge in [-0.05, 0) is 73.5 Å². The van der Waals surface area contributed by atoms with E-state index in [0.717, 1.165) is 36.5 Å². The summed E-state index contributed by atoms with van der Waals surface area (Å²) in [6.45, 7) is 5.03. The summed E-state index contributed by atoms with van der Waals surface area (Å²) in [6, 6.07) is 19.5. The minimum atomic E-state index is -0.567.